The van der Waals surface area contributed by atoms with Crippen LogP contribution in [0, 0.1) is 0 Å². The van der Waals surface area contributed by atoms with Gasteiger partial charge < -0.3 is 40.5 Å². The molecule has 3 aromatic carbocycles. The van der Waals surface area contributed by atoms with E-state index in [4.69, 9.17) is 9.72 Å². The molecule has 346 valence electrons. The van der Waals surface area contributed by atoms with E-state index in [1.54, 1.807) is 25.8 Å². The van der Waals surface area contributed by atoms with Crippen LogP contribution in [0.1, 0.15) is 31.2 Å². The number of hydrogen-bond acceptors (Lipinski definition) is 15. The lowest BCUT2D eigenvalue weighted by molar-refractivity contribution is -0.133. The van der Waals surface area contributed by atoms with Gasteiger partial charge in [0.25, 0.3) is 0 Å². The van der Waals surface area contributed by atoms with Gasteiger partial charge in [-0.05, 0) is 77.5 Å². The number of benzene rings is 3. The number of aliphatic imine (C=N–C) groups is 1. The second kappa shape index (κ2) is 20.2. The van der Waals surface area contributed by atoms with Gasteiger partial charge in [-0.3, -0.25) is 29.5 Å². The molecule has 5 aromatic rings. The van der Waals surface area contributed by atoms with Gasteiger partial charge in [0.2, 0.25) is 17.8 Å². The summed E-state index contributed by atoms with van der Waals surface area (Å²) in [6.45, 7) is 7.61. The molecular weight excluding hydrogens is 925 g/mol. The van der Waals surface area contributed by atoms with Crippen LogP contribution in [0.15, 0.2) is 76.6 Å². The van der Waals surface area contributed by atoms with Crippen molar-refractivity contribution >= 4 is 96.5 Å². The fraction of sp³-hybridized carbons (Fsp3) is 0.391. The van der Waals surface area contributed by atoms with Crippen LogP contribution in [0.25, 0.3) is 11.1 Å². The number of anilines is 8. The SMILES string of the molecule is COc1cc(N2CCC(N3CCN(CCc4ccc(NC5CCC(=O)NC5=O)cc4)CC3)CC2)c(-c2cnn(C)c2)cc1Nc1ncc(Br)c(Nc2ccc3c(c2NS(C)=O)NCC=N3)n1. The van der Waals surface area contributed by atoms with Crippen molar-refractivity contribution in [3.8, 4) is 16.9 Å². The van der Waals surface area contributed by atoms with Crippen LogP contribution < -0.4 is 40.9 Å². The molecule has 20 heteroatoms. The number of nitrogens with one attached hydrogen (secondary N) is 6. The summed E-state index contributed by atoms with van der Waals surface area (Å²) in [5, 5.41) is 20.4. The second-order valence-corrected chi connectivity index (χ2v) is 18.9. The first-order valence-electron chi connectivity index (χ1n) is 22.3. The number of piperazine rings is 1. The van der Waals surface area contributed by atoms with E-state index in [9.17, 15) is 13.8 Å². The normalized spacial score (nSPS) is 18.5. The smallest absolute Gasteiger partial charge is 0.249 e. The highest BCUT2D eigenvalue weighted by Gasteiger charge is 2.30. The van der Waals surface area contributed by atoms with E-state index in [0.29, 0.717) is 64.5 Å². The molecule has 2 aromatic heterocycles. The van der Waals surface area contributed by atoms with Crippen molar-refractivity contribution in [3.63, 3.8) is 0 Å². The number of rotatable bonds is 15. The van der Waals surface area contributed by atoms with Crippen LogP contribution in [0.4, 0.5) is 51.6 Å². The lowest BCUT2D eigenvalue weighted by Crippen LogP contribution is -2.53. The summed E-state index contributed by atoms with van der Waals surface area (Å²) in [5.74, 6) is 1.06. The third-order valence-electron chi connectivity index (χ3n) is 12.6. The van der Waals surface area contributed by atoms with Crippen LogP contribution in [0.2, 0.25) is 0 Å². The molecule has 9 rings (SSSR count). The Morgan fingerprint density at radius 1 is 0.955 bits per heavy atom. The number of hydrogen-bond donors (Lipinski definition) is 6. The van der Waals surface area contributed by atoms with Gasteiger partial charge in [-0.25, -0.2) is 9.19 Å². The van der Waals surface area contributed by atoms with Crippen LogP contribution >= 0.6 is 15.9 Å². The third-order valence-corrected chi connectivity index (χ3v) is 13.7. The molecule has 0 bridgehead atoms. The number of piperidine rings is 2. The average Bonchev–Trinajstić information content (AvgIpc) is 3.77. The van der Waals surface area contributed by atoms with E-state index in [-0.39, 0.29) is 17.9 Å². The summed E-state index contributed by atoms with van der Waals surface area (Å²) >= 11 is 3.62. The minimum atomic E-state index is -1.34. The Hall–Kier alpha value is -6.09. The number of imide groups is 1. The zero-order valence-electron chi connectivity index (χ0n) is 37.3. The molecule has 4 aliphatic heterocycles. The Morgan fingerprint density at radius 2 is 1.76 bits per heavy atom. The van der Waals surface area contributed by atoms with Gasteiger partial charge in [0.1, 0.15) is 28.6 Å². The average molecular weight is 980 g/mol. The molecule has 2 amide bonds. The van der Waals surface area contributed by atoms with Crippen molar-refractivity contribution in [2.45, 2.75) is 44.2 Å². The summed E-state index contributed by atoms with van der Waals surface area (Å²) in [6.07, 6.45) is 13.0. The van der Waals surface area contributed by atoms with E-state index in [1.165, 1.54) is 5.56 Å². The van der Waals surface area contributed by atoms with Gasteiger partial charge >= 0.3 is 0 Å². The number of ether oxygens (including phenoxy) is 1. The highest BCUT2D eigenvalue weighted by atomic mass is 79.9. The largest absolute Gasteiger partial charge is 0.494 e. The second-order valence-electron chi connectivity index (χ2n) is 16.9. The summed E-state index contributed by atoms with van der Waals surface area (Å²) in [5.41, 5.74) is 8.79. The first-order chi connectivity index (χ1) is 32.1. The molecule has 2 unspecified atom stereocenters. The van der Waals surface area contributed by atoms with E-state index >= 15 is 0 Å². The maximum atomic E-state index is 12.4. The van der Waals surface area contributed by atoms with Crippen LogP contribution in [0.5, 0.6) is 5.75 Å². The molecule has 6 heterocycles. The first-order valence-corrected chi connectivity index (χ1v) is 24.6. The Balaban J connectivity index is 0.830. The zero-order valence-corrected chi connectivity index (χ0v) is 39.7. The van der Waals surface area contributed by atoms with Crippen molar-refractivity contribution in [2.75, 3.05) is 96.6 Å². The number of carbonyl (C=O) groups excluding carboxylic acids is 2. The molecular formula is C46H55BrN14O4S. The molecule has 0 aliphatic carbocycles. The Bertz CT molecular complexity index is 2630. The van der Waals surface area contributed by atoms with Crippen LogP contribution in [0.3, 0.4) is 0 Å². The molecule has 66 heavy (non-hydrogen) atoms. The van der Waals surface area contributed by atoms with E-state index in [0.717, 1.165) is 99.0 Å². The van der Waals surface area contributed by atoms with Gasteiger partial charge in [0.15, 0.2) is 0 Å². The van der Waals surface area contributed by atoms with Crippen molar-refractivity contribution in [2.24, 2.45) is 12.0 Å². The maximum Gasteiger partial charge on any atom is 0.249 e. The number of aryl methyl sites for hydroxylation is 1. The zero-order chi connectivity index (χ0) is 45.7. The van der Waals surface area contributed by atoms with Gasteiger partial charge in [0, 0.05) is 119 Å². The molecule has 2 atom stereocenters. The molecule has 0 saturated carbocycles. The number of aromatic nitrogens is 4. The highest BCUT2D eigenvalue weighted by molar-refractivity contribution is 9.10. The van der Waals surface area contributed by atoms with Crippen molar-refractivity contribution in [3.05, 3.63) is 77.2 Å². The Kier molecular flexibility index (Phi) is 13.8. The number of amides is 2. The summed E-state index contributed by atoms with van der Waals surface area (Å²) in [7, 11) is 2.27. The molecule has 4 aliphatic rings. The number of carbonyl (C=O) groups is 2. The lowest BCUT2D eigenvalue weighted by Gasteiger charge is -2.43. The number of halogens is 1. The quantitative estimate of drug-likeness (QED) is 0.0667. The van der Waals surface area contributed by atoms with Crippen molar-refractivity contribution in [1.29, 1.82) is 0 Å². The summed E-state index contributed by atoms with van der Waals surface area (Å²) in [4.78, 5) is 45.3. The minimum absolute atomic E-state index is 0.206. The Labute approximate surface area is 395 Å². The summed E-state index contributed by atoms with van der Waals surface area (Å²) in [6, 6.07) is 16.4. The van der Waals surface area contributed by atoms with E-state index < -0.39 is 11.0 Å². The van der Waals surface area contributed by atoms with Crippen molar-refractivity contribution < 1.29 is 18.5 Å². The number of fused-ring (bicyclic) bond motifs is 1. The van der Waals surface area contributed by atoms with E-state index in [1.807, 2.05) is 48.4 Å². The summed E-state index contributed by atoms with van der Waals surface area (Å²) < 4.78 is 23.9. The predicted molar refractivity (Wildman–Crippen MR) is 265 cm³/mol. The number of methoxy groups -OCH3 is 1. The fourth-order valence-corrected chi connectivity index (χ4v) is 9.88. The molecule has 3 fully saturated rings. The molecule has 6 N–H and O–H groups in total. The van der Waals surface area contributed by atoms with E-state index in [2.05, 4.69) is 101 Å². The first kappa shape index (κ1) is 45.1. The lowest BCUT2D eigenvalue weighted by atomic mass is 9.98. The fourth-order valence-electron chi connectivity index (χ4n) is 9.09. The minimum Gasteiger partial charge on any atom is -0.494 e. The topological polar surface area (TPSA) is 198 Å². The Morgan fingerprint density at radius 3 is 2.48 bits per heavy atom. The van der Waals surface area contributed by atoms with Crippen LogP contribution in [-0.2, 0) is 34.0 Å². The molecule has 18 nitrogen and oxygen atoms in total. The van der Waals surface area contributed by atoms with Crippen LogP contribution in [-0.4, -0.2) is 130 Å². The molecule has 0 spiro atoms. The highest BCUT2D eigenvalue weighted by Crippen LogP contribution is 2.44. The van der Waals surface area contributed by atoms with Gasteiger partial charge in [-0.15, -0.1) is 0 Å². The molecule has 0 radical (unpaired) electrons. The molecule has 3 saturated heterocycles. The van der Waals surface area contributed by atoms with Crippen molar-refractivity contribution in [1.82, 2.24) is 34.9 Å². The van der Waals surface area contributed by atoms with Gasteiger partial charge in [-0.1, -0.05) is 12.1 Å². The third kappa shape index (κ3) is 10.5. The number of nitrogens with zero attached hydrogens (tertiary/aromatic N) is 8. The standard InChI is InChI=1S/C46H55BrN14O4S/c1-58-28-30(26-51-58)33-24-38(54-46-50-27-34(47)44(56-46)53-36-9-8-35-42(49-16-15-48-35)43(36)57-66(3)64)40(65-2)25-39(33)61-18-13-32(14-19-61)60-22-20-59(21-23-60)17-12-29-4-6-31(7-5-29)52-37-10-11-41(62)55-45(37)63/h4-9,15,24-28,32,37,49,52,57H,10-14,16-23H2,1-3H3,(H,55,62,63)(H2,50,53,54,56). The van der Waals surface area contributed by atoms with Gasteiger partial charge in [-0.2, -0.15) is 10.1 Å². The van der Waals surface area contributed by atoms with Gasteiger partial charge in [0.05, 0.1) is 52.8 Å². The maximum absolute atomic E-state index is 12.4. The monoisotopic (exact) mass is 978 g/mol. The predicted octanol–water partition coefficient (Wildman–Crippen LogP) is 6.01.